The van der Waals surface area contributed by atoms with Crippen molar-refractivity contribution in [3.63, 3.8) is 0 Å². The number of carbonyl (C=O) groups excluding carboxylic acids is 2. The van der Waals surface area contributed by atoms with Gasteiger partial charge in [-0.25, -0.2) is 9.69 Å². The van der Waals surface area contributed by atoms with Gasteiger partial charge in [0.1, 0.15) is 5.54 Å². The Kier molecular flexibility index (Phi) is 2.40. The van der Waals surface area contributed by atoms with Gasteiger partial charge in [0.2, 0.25) is 0 Å². The minimum absolute atomic E-state index is 0.0568. The summed E-state index contributed by atoms with van der Waals surface area (Å²) in [6, 6.07) is 8.97. The molecule has 2 aliphatic rings. The Hall–Kier alpha value is -1.84. The smallest absolute Gasteiger partial charge is 0.312 e. The molecule has 1 spiro atoms. The SMILES string of the molecule is CN1C(=O)N(c2ccccc2)C(=O)C12CCCC2. The molecule has 0 atom stereocenters. The molecular weight excluding hydrogens is 228 g/mol. The van der Waals surface area contributed by atoms with E-state index < -0.39 is 5.54 Å². The molecule has 0 radical (unpaired) electrons. The highest BCUT2D eigenvalue weighted by molar-refractivity contribution is 6.23. The highest BCUT2D eigenvalue weighted by Gasteiger charge is 2.56. The first-order valence-corrected chi connectivity index (χ1v) is 6.34. The van der Waals surface area contributed by atoms with Crippen LogP contribution < -0.4 is 4.90 Å². The molecule has 4 heteroatoms. The van der Waals surface area contributed by atoms with Gasteiger partial charge in [-0.05, 0) is 25.0 Å². The molecular formula is C14H16N2O2. The molecule has 1 aromatic carbocycles. The molecule has 94 valence electrons. The third-order valence-electron chi connectivity index (χ3n) is 4.17. The second kappa shape index (κ2) is 3.83. The fourth-order valence-electron chi connectivity index (χ4n) is 3.09. The molecule has 4 nitrogen and oxygen atoms in total. The second-order valence-corrected chi connectivity index (χ2v) is 5.06. The zero-order chi connectivity index (χ0) is 12.8. The lowest BCUT2D eigenvalue weighted by Crippen LogP contribution is -2.45. The summed E-state index contributed by atoms with van der Waals surface area (Å²) in [6.07, 6.45) is 3.62. The Bertz CT molecular complexity index is 492. The van der Waals surface area contributed by atoms with Crippen molar-refractivity contribution in [1.29, 1.82) is 0 Å². The number of rotatable bonds is 1. The summed E-state index contributed by atoms with van der Waals surface area (Å²) in [5.41, 5.74) is 0.0931. The van der Waals surface area contributed by atoms with E-state index in [1.165, 1.54) is 4.90 Å². The fourth-order valence-corrected chi connectivity index (χ4v) is 3.09. The highest BCUT2D eigenvalue weighted by Crippen LogP contribution is 2.42. The monoisotopic (exact) mass is 244 g/mol. The Morgan fingerprint density at radius 2 is 1.67 bits per heavy atom. The molecule has 1 aliphatic carbocycles. The van der Waals surface area contributed by atoms with E-state index in [0.29, 0.717) is 5.69 Å². The van der Waals surface area contributed by atoms with E-state index in [9.17, 15) is 9.59 Å². The number of amides is 3. The van der Waals surface area contributed by atoms with Gasteiger partial charge >= 0.3 is 6.03 Å². The van der Waals surface area contributed by atoms with Crippen molar-refractivity contribution in [3.8, 4) is 0 Å². The van der Waals surface area contributed by atoms with Crippen LogP contribution in [0.5, 0.6) is 0 Å². The van der Waals surface area contributed by atoms with Crippen molar-refractivity contribution in [2.45, 2.75) is 31.2 Å². The van der Waals surface area contributed by atoms with Crippen molar-refractivity contribution >= 4 is 17.6 Å². The first-order valence-electron chi connectivity index (χ1n) is 6.34. The molecule has 1 heterocycles. The average Bonchev–Trinajstić information content (AvgIpc) is 2.95. The van der Waals surface area contributed by atoms with Crippen molar-refractivity contribution in [3.05, 3.63) is 30.3 Å². The van der Waals surface area contributed by atoms with E-state index in [4.69, 9.17) is 0 Å². The van der Waals surface area contributed by atoms with Gasteiger partial charge in [0.05, 0.1) is 5.69 Å². The highest BCUT2D eigenvalue weighted by atomic mass is 16.2. The van der Waals surface area contributed by atoms with Crippen LogP contribution in [0.15, 0.2) is 30.3 Å². The molecule has 3 rings (SSSR count). The lowest BCUT2D eigenvalue weighted by molar-refractivity contribution is -0.124. The number of carbonyl (C=O) groups is 2. The number of benzene rings is 1. The van der Waals surface area contributed by atoms with E-state index in [0.717, 1.165) is 25.7 Å². The van der Waals surface area contributed by atoms with Crippen LogP contribution in [0.1, 0.15) is 25.7 Å². The molecule has 3 amide bonds. The standard InChI is InChI=1S/C14H16N2O2/c1-15-13(18)16(11-7-3-2-4-8-11)12(17)14(15)9-5-6-10-14/h2-4,7-8H,5-6,9-10H2,1H3. The summed E-state index contributed by atoms with van der Waals surface area (Å²) in [7, 11) is 1.74. The number of para-hydroxylation sites is 1. The van der Waals surface area contributed by atoms with Gasteiger partial charge in [-0.2, -0.15) is 0 Å². The maximum absolute atomic E-state index is 12.6. The van der Waals surface area contributed by atoms with Gasteiger partial charge in [0, 0.05) is 7.05 Å². The van der Waals surface area contributed by atoms with E-state index in [2.05, 4.69) is 0 Å². The Labute approximate surface area is 106 Å². The third-order valence-corrected chi connectivity index (χ3v) is 4.17. The summed E-state index contributed by atoms with van der Waals surface area (Å²) in [4.78, 5) is 27.9. The minimum Gasteiger partial charge on any atom is -0.312 e. The number of likely N-dealkylation sites (N-methyl/N-ethyl adjacent to an activating group) is 1. The maximum Gasteiger partial charge on any atom is 0.332 e. The van der Waals surface area contributed by atoms with Crippen molar-refractivity contribution in [2.24, 2.45) is 0 Å². The molecule has 0 aromatic heterocycles. The van der Waals surface area contributed by atoms with Gasteiger partial charge in [-0.3, -0.25) is 4.79 Å². The minimum atomic E-state index is -0.576. The predicted octanol–water partition coefficient (Wildman–Crippen LogP) is 2.40. The molecule has 18 heavy (non-hydrogen) atoms. The first kappa shape index (κ1) is 11.3. The Morgan fingerprint density at radius 3 is 2.28 bits per heavy atom. The van der Waals surface area contributed by atoms with E-state index >= 15 is 0 Å². The largest absolute Gasteiger partial charge is 0.332 e. The molecule has 0 bridgehead atoms. The normalized spacial score (nSPS) is 22.3. The maximum atomic E-state index is 12.6. The predicted molar refractivity (Wildman–Crippen MR) is 68.3 cm³/mol. The zero-order valence-corrected chi connectivity index (χ0v) is 10.4. The number of nitrogens with zero attached hydrogens (tertiary/aromatic N) is 2. The first-order chi connectivity index (χ1) is 8.67. The number of hydrogen-bond acceptors (Lipinski definition) is 2. The molecule has 1 saturated heterocycles. The van der Waals surface area contributed by atoms with Crippen LogP contribution in [0.4, 0.5) is 10.5 Å². The van der Waals surface area contributed by atoms with Gasteiger partial charge in [0.15, 0.2) is 0 Å². The number of imide groups is 1. The lowest BCUT2D eigenvalue weighted by Gasteiger charge is -2.27. The van der Waals surface area contributed by atoms with Crippen LogP contribution in [0.3, 0.4) is 0 Å². The lowest BCUT2D eigenvalue weighted by atomic mass is 9.96. The fraction of sp³-hybridized carbons (Fsp3) is 0.429. The summed E-state index contributed by atoms with van der Waals surface area (Å²) in [5.74, 6) is -0.0568. The summed E-state index contributed by atoms with van der Waals surface area (Å²) in [6.45, 7) is 0. The Balaban J connectivity index is 2.03. The van der Waals surface area contributed by atoms with E-state index in [1.54, 1.807) is 24.1 Å². The molecule has 1 aromatic rings. The summed E-state index contributed by atoms with van der Waals surface area (Å²) < 4.78 is 0. The molecule has 0 N–H and O–H groups in total. The van der Waals surface area contributed by atoms with Crippen LogP contribution >= 0.6 is 0 Å². The third kappa shape index (κ3) is 1.32. The van der Waals surface area contributed by atoms with Crippen LogP contribution in [-0.4, -0.2) is 29.4 Å². The van der Waals surface area contributed by atoms with Crippen LogP contribution in [0.25, 0.3) is 0 Å². The number of urea groups is 1. The summed E-state index contributed by atoms with van der Waals surface area (Å²) in [5, 5.41) is 0. The summed E-state index contributed by atoms with van der Waals surface area (Å²) >= 11 is 0. The van der Waals surface area contributed by atoms with Crippen LogP contribution in [0, 0.1) is 0 Å². The van der Waals surface area contributed by atoms with Crippen molar-refractivity contribution in [2.75, 3.05) is 11.9 Å². The van der Waals surface area contributed by atoms with Gasteiger partial charge in [-0.15, -0.1) is 0 Å². The quantitative estimate of drug-likeness (QED) is 0.712. The van der Waals surface area contributed by atoms with Crippen molar-refractivity contribution < 1.29 is 9.59 Å². The molecule has 2 fully saturated rings. The number of anilines is 1. The second-order valence-electron chi connectivity index (χ2n) is 5.06. The Morgan fingerprint density at radius 1 is 1.06 bits per heavy atom. The molecule has 1 aliphatic heterocycles. The van der Waals surface area contributed by atoms with E-state index in [1.807, 2.05) is 18.2 Å². The van der Waals surface area contributed by atoms with E-state index in [-0.39, 0.29) is 11.9 Å². The van der Waals surface area contributed by atoms with Gasteiger partial charge in [0.25, 0.3) is 5.91 Å². The zero-order valence-electron chi connectivity index (χ0n) is 10.4. The number of hydrogen-bond donors (Lipinski definition) is 0. The average molecular weight is 244 g/mol. The molecule has 0 unspecified atom stereocenters. The molecule has 1 saturated carbocycles. The topological polar surface area (TPSA) is 40.6 Å². The van der Waals surface area contributed by atoms with Crippen LogP contribution in [-0.2, 0) is 4.79 Å². The van der Waals surface area contributed by atoms with Crippen LogP contribution in [0.2, 0.25) is 0 Å². The van der Waals surface area contributed by atoms with Gasteiger partial charge < -0.3 is 4.90 Å². The van der Waals surface area contributed by atoms with Crippen molar-refractivity contribution in [1.82, 2.24) is 4.90 Å². The van der Waals surface area contributed by atoms with Gasteiger partial charge in [-0.1, -0.05) is 31.0 Å².